The Morgan fingerprint density at radius 1 is 1.42 bits per heavy atom. The molecule has 1 N–H and O–H groups in total. The lowest BCUT2D eigenvalue weighted by molar-refractivity contribution is -0.151. The molecule has 0 spiro atoms. The summed E-state index contributed by atoms with van der Waals surface area (Å²) in [6.45, 7) is 6.01. The summed E-state index contributed by atoms with van der Waals surface area (Å²) in [5.74, 6) is -1.12. The van der Waals surface area contributed by atoms with E-state index in [2.05, 4.69) is 0 Å². The molecule has 0 unspecified atom stereocenters. The molecule has 0 aliphatic heterocycles. The smallest absolute Gasteiger partial charge is 0.309 e. The highest BCUT2D eigenvalue weighted by molar-refractivity contribution is 7.16. The average Bonchev–Trinajstić information content (AvgIpc) is 2.70. The second-order valence-corrected chi connectivity index (χ2v) is 6.78. The SMILES string of the molecule is CCN(Cc1ccc(Cl)s1)C(=O)CC(C)(C)C(=O)O. The van der Waals surface area contributed by atoms with Gasteiger partial charge in [0.1, 0.15) is 0 Å². The lowest BCUT2D eigenvalue weighted by Crippen LogP contribution is -2.36. The number of nitrogens with zero attached hydrogens (tertiary/aromatic N) is 1. The summed E-state index contributed by atoms with van der Waals surface area (Å²) in [7, 11) is 0. The zero-order valence-electron chi connectivity index (χ0n) is 11.3. The summed E-state index contributed by atoms with van der Waals surface area (Å²) in [6, 6.07) is 3.67. The molecule has 0 saturated carbocycles. The molecule has 0 bridgehead atoms. The van der Waals surface area contributed by atoms with Crippen molar-refractivity contribution < 1.29 is 14.7 Å². The number of hydrogen-bond acceptors (Lipinski definition) is 3. The third-order valence-electron chi connectivity index (χ3n) is 2.88. The highest BCUT2D eigenvalue weighted by Crippen LogP contribution is 2.25. The zero-order valence-corrected chi connectivity index (χ0v) is 12.8. The standard InChI is InChI=1S/C13H18ClNO3S/c1-4-15(8-9-5-6-10(14)19-9)11(16)7-13(2,3)12(17)18/h5-6H,4,7-8H2,1-3H3,(H,17,18). The van der Waals surface area contributed by atoms with Gasteiger partial charge in [-0.2, -0.15) is 0 Å². The summed E-state index contributed by atoms with van der Waals surface area (Å²) in [4.78, 5) is 25.8. The van der Waals surface area contributed by atoms with E-state index in [9.17, 15) is 9.59 Å². The van der Waals surface area contributed by atoms with Crippen molar-refractivity contribution in [2.75, 3.05) is 6.54 Å². The van der Waals surface area contributed by atoms with Crippen LogP contribution in [0.25, 0.3) is 0 Å². The third-order valence-corrected chi connectivity index (χ3v) is 4.10. The molecule has 1 aromatic heterocycles. The van der Waals surface area contributed by atoms with E-state index in [-0.39, 0.29) is 12.3 Å². The van der Waals surface area contributed by atoms with Gasteiger partial charge in [-0.15, -0.1) is 11.3 Å². The molecule has 0 aliphatic carbocycles. The van der Waals surface area contributed by atoms with Gasteiger partial charge in [0.15, 0.2) is 0 Å². The molecule has 1 rings (SSSR count). The topological polar surface area (TPSA) is 57.6 Å². The van der Waals surface area contributed by atoms with Gasteiger partial charge in [-0.1, -0.05) is 11.6 Å². The van der Waals surface area contributed by atoms with E-state index in [4.69, 9.17) is 16.7 Å². The van der Waals surface area contributed by atoms with E-state index in [0.29, 0.717) is 17.4 Å². The number of carboxylic acid groups (broad SMARTS) is 1. The summed E-state index contributed by atoms with van der Waals surface area (Å²) < 4.78 is 0.685. The van der Waals surface area contributed by atoms with Crippen molar-refractivity contribution in [3.8, 4) is 0 Å². The molecule has 0 aliphatic rings. The molecule has 19 heavy (non-hydrogen) atoms. The Morgan fingerprint density at radius 3 is 2.47 bits per heavy atom. The van der Waals surface area contributed by atoms with Crippen molar-refractivity contribution in [2.24, 2.45) is 5.41 Å². The van der Waals surface area contributed by atoms with Gasteiger partial charge in [-0.05, 0) is 32.9 Å². The molecular formula is C13H18ClNO3S. The van der Waals surface area contributed by atoms with Gasteiger partial charge in [0.05, 0.1) is 16.3 Å². The maximum atomic E-state index is 12.1. The largest absolute Gasteiger partial charge is 0.481 e. The van der Waals surface area contributed by atoms with Crippen LogP contribution in [-0.4, -0.2) is 28.4 Å². The van der Waals surface area contributed by atoms with Gasteiger partial charge in [-0.3, -0.25) is 9.59 Å². The molecule has 0 atom stereocenters. The first-order valence-electron chi connectivity index (χ1n) is 6.01. The van der Waals surface area contributed by atoms with E-state index in [0.717, 1.165) is 4.88 Å². The number of carboxylic acids is 1. The monoisotopic (exact) mass is 303 g/mol. The van der Waals surface area contributed by atoms with Crippen LogP contribution in [0.3, 0.4) is 0 Å². The highest BCUT2D eigenvalue weighted by atomic mass is 35.5. The Balaban J connectivity index is 2.69. The summed E-state index contributed by atoms with van der Waals surface area (Å²) in [6.07, 6.45) is -0.00468. The number of amides is 1. The zero-order chi connectivity index (χ0) is 14.6. The van der Waals surface area contributed by atoms with Crippen molar-refractivity contribution in [1.82, 2.24) is 4.90 Å². The van der Waals surface area contributed by atoms with Crippen molar-refractivity contribution >= 4 is 34.8 Å². The molecule has 106 valence electrons. The lowest BCUT2D eigenvalue weighted by Gasteiger charge is -2.25. The van der Waals surface area contributed by atoms with Gasteiger partial charge < -0.3 is 10.0 Å². The van der Waals surface area contributed by atoms with E-state index in [1.54, 1.807) is 24.8 Å². The second kappa shape index (κ2) is 6.39. The minimum Gasteiger partial charge on any atom is -0.481 e. The van der Waals surface area contributed by atoms with Gasteiger partial charge >= 0.3 is 5.97 Å². The number of carbonyl (C=O) groups excluding carboxylic acids is 1. The van der Waals surface area contributed by atoms with Crippen LogP contribution in [-0.2, 0) is 16.1 Å². The van der Waals surface area contributed by atoms with Crippen molar-refractivity contribution in [3.63, 3.8) is 0 Å². The lowest BCUT2D eigenvalue weighted by atomic mass is 9.89. The second-order valence-electron chi connectivity index (χ2n) is 4.98. The van der Waals surface area contributed by atoms with Crippen LogP contribution in [0.5, 0.6) is 0 Å². The fourth-order valence-electron chi connectivity index (χ4n) is 1.57. The summed E-state index contributed by atoms with van der Waals surface area (Å²) >= 11 is 7.28. The first-order valence-corrected chi connectivity index (χ1v) is 7.21. The van der Waals surface area contributed by atoms with Gasteiger partial charge in [0.25, 0.3) is 0 Å². The van der Waals surface area contributed by atoms with E-state index in [1.165, 1.54) is 11.3 Å². The minimum absolute atomic E-state index is 0.00468. The number of rotatable bonds is 6. The van der Waals surface area contributed by atoms with Crippen molar-refractivity contribution in [3.05, 3.63) is 21.3 Å². The first kappa shape index (κ1) is 16.0. The molecule has 1 amide bonds. The van der Waals surface area contributed by atoms with Gasteiger partial charge in [0, 0.05) is 17.8 Å². The van der Waals surface area contributed by atoms with E-state index >= 15 is 0 Å². The minimum atomic E-state index is -1.04. The van der Waals surface area contributed by atoms with E-state index < -0.39 is 11.4 Å². The Hall–Kier alpha value is -1.07. The third kappa shape index (κ3) is 4.51. The number of carbonyl (C=O) groups is 2. The Morgan fingerprint density at radius 2 is 2.05 bits per heavy atom. The average molecular weight is 304 g/mol. The van der Waals surface area contributed by atoms with Crippen molar-refractivity contribution in [1.29, 1.82) is 0 Å². The summed E-state index contributed by atoms with van der Waals surface area (Å²) in [5.41, 5.74) is -1.04. The molecule has 1 aromatic rings. The Kier molecular flexibility index (Phi) is 5.38. The van der Waals surface area contributed by atoms with Crippen LogP contribution < -0.4 is 0 Å². The molecule has 1 heterocycles. The van der Waals surface area contributed by atoms with Crippen LogP contribution in [0, 0.1) is 5.41 Å². The molecule has 0 aromatic carbocycles. The van der Waals surface area contributed by atoms with Crippen LogP contribution >= 0.6 is 22.9 Å². The van der Waals surface area contributed by atoms with Crippen LogP contribution in [0.2, 0.25) is 4.34 Å². The van der Waals surface area contributed by atoms with Crippen LogP contribution in [0.15, 0.2) is 12.1 Å². The number of hydrogen-bond donors (Lipinski definition) is 1. The maximum Gasteiger partial charge on any atom is 0.309 e. The molecular weight excluding hydrogens is 286 g/mol. The number of halogens is 1. The van der Waals surface area contributed by atoms with Crippen molar-refractivity contribution in [2.45, 2.75) is 33.7 Å². The molecule has 6 heteroatoms. The van der Waals surface area contributed by atoms with Crippen LogP contribution in [0.4, 0.5) is 0 Å². The quantitative estimate of drug-likeness (QED) is 0.877. The normalized spacial score (nSPS) is 11.4. The Labute approximate surface area is 122 Å². The molecule has 0 saturated heterocycles. The first-order chi connectivity index (χ1) is 8.76. The van der Waals surface area contributed by atoms with Gasteiger partial charge in [0.2, 0.25) is 5.91 Å². The number of thiophene rings is 1. The molecule has 4 nitrogen and oxygen atoms in total. The fourth-order valence-corrected chi connectivity index (χ4v) is 2.67. The number of aliphatic carboxylic acids is 1. The fraction of sp³-hybridized carbons (Fsp3) is 0.538. The van der Waals surface area contributed by atoms with Gasteiger partial charge in [-0.25, -0.2) is 0 Å². The maximum absolute atomic E-state index is 12.1. The Bertz CT molecular complexity index is 470. The highest BCUT2D eigenvalue weighted by Gasteiger charge is 2.31. The van der Waals surface area contributed by atoms with Crippen LogP contribution in [0.1, 0.15) is 32.1 Å². The summed E-state index contributed by atoms with van der Waals surface area (Å²) in [5, 5.41) is 9.05. The predicted octanol–water partition coefficient (Wildman–Crippen LogP) is 3.25. The predicted molar refractivity (Wildman–Crippen MR) is 76.5 cm³/mol. The molecule has 0 radical (unpaired) electrons. The molecule has 0 fully saturated rings. The van der Waals surface area contributed by atoms with E-state index in [1.807, 2.05) is 13.0 Å².